The average Bonchev–Trinajstić information content (AvgIpc) is 2.96. The average molecular weight is 667 g/mol. The molecule has 1 N–H and O–H groups in total. The first-order valence-electron chi connectivity index (χ1n) is 12.3. The Morgan fingerprint density at radius 3 is 1.36 bits per heavy atom. The summed E-state index contributed by atoms with van der Waals surface area (Å²) in [6.45, 7) is -0.463. The van der Waals surface area contributed by atoms with Gasteiger partial charge in [0.05, 0.1) is 20.8 Å². The summed E-state index contributed by atoms with van der Waals surface area (Å²) >= 11 is 5.62. The minimum atomic E-state index is -4.93. The minimum Gasteiger partial charge on any atom is -0.497 e. The number of methoxy groups -OCH3 is 2. The Morgan fingerprint density at radius 1 is 0.600 bits per heavy atom. The monoisotopic (exact) mass is 666 g/mol. The third-order valence-corrected chi connectivity index (χ3v) is 6.12. The molecule has 0 spiro atoms. The van der Waals surface area contributed by atoms with E-state index in [0.29, 0.717) is 17.1 Å². The van der Waals surface area contributed by atoms with Gasteiger partial charge in [0.1, 0.15) is 34.6 Å². The standard InChI is InChI=1S/C15H11ClF4O2.C15H12F4O3.CH4/c1-21-10-3-5-13(17)12(7-10)11-4-2-9(8-16)6-14(11)22-15(18,19)20;1-21-10-3-5-13(16)12(7-10)11-4-2-9(8-20)6-14(11)22-15(17,18)19;/h2-7H,8H2,1H3;2-7,20H,8H2,1H3;1H4. The summed E-state index contributed by atoms with van der Waals surface area (Å²) in [5.74, 6) is -1.90. The van der Waals surface area contributed by atoms with Crippen molar-refractivity contribution in [2.24, 2.45) is 0 Å². The highest BCUT2D eigenvalue weighted by Gasteiger charge is 2.33. The molecule has 0 unspecified atom stereocenters. The van der Waals surface area contributed by atoms with Crippen LogP contribution in [0.2, 0.25) is 0 Å². The normalized spacial score (nSPS) is 11.1. The summed E-state index contributed by atoms with van der Waals surface area (Å²) in [6, 6.07) is 15.1. The summed E-state index contributed by atoms with van der Waals surface area (Å²) in [7, 11) is 2.74. The van der Waals surface area contributed by atoms with E-state index in [4.69, 9.17) is 26.2 Å². The van der Waals surface area contributed by atoms with Gasteiger partial charge in [-0.25, -0.2) is 8.78 Å². The second-order valence-corrected chi connectivity index (χ2v) is 9.01. The molecule has 0 amide bonds. The first kappa shape index (κ1) is 37.0. The van der Waals surface area contributed by atoms with Crippen LogP contribution >= 0.6 is 11.6 Å². The number of rotatable bonds is 8. The topological polar surface area (TPSA) is 57.2 Å². The van der Waals surface area contributed by atoms with Gasteiger partial charge in [0.2, 0.25) is 0 Å². The van der Waals surface area contributed by atoms with Crippen molar-refractivity contribution in [2.45, 2.75) is 32.6 Å². The Morgan fingerprint density at radius 2 is 1.00 bits per heavy atom. The Kier molecular flexibility index (Phi) is 12.9. The molecule has 4 aromatic rings. The van der Waals surface area contributed by atoms with Crippen LogP contribution in [0.15, 0.2) is 72.8 Å². The Balaban J connectivity index is 0.000000307. The number of halogens is 9. The van der Waals surface area contributed by atoms with Crippen LogP contribution in [-0.2, 0) is 12.5 Å². The molecule has 0 saturated carbocycles. The molecule has 0 radical (unpaired) electrons. The third-order valence-electron chi connectivity index (χ3n) is 5.81. The first-order chi connectivity index (χ1) is 20.7. The number of aliphatic hydroxyl groups excluding tert-OH is 1. The highest BCUT2D eigenvalue weighted by atomic mass is 35.5. The van der Waals surface area contributed by atoms with E-state index in [1.54, 1.807) is 0 Å². The highest BCUT2D eigenvalue weighted by molar-refractivity contribution is 6.17. The Labute approximate surface area is 258 Å². The molecule has 4 rings (SSSR count). The molecular weight excluding hydrogens is 640 g/mol. The fourth-order valence-electron chi connectivity index (χ4n) is 3.85. The quantitative estimate of drug-likeness (QED) is 0.150. The molecule has 45 heavy (non-hydrogen) atoms. The predicted molar refractivity (Wildman–Crippen MR) is 152 cm³/mol. The number of hydrogen-bond donors (Lipinski definition) is 1. The van der Waals surface area contributed by atoms with Crippen molar-refractivity contribution in [1.82, 2.24) is 0 Å². The SMILES string of the molecule is C.COc1ccc(F)c(-c2ccc(CCl)cc2OC(F)(F)F)c1.COc1ccc(F)c(-c2ccc(CO)cc2OC(F)(F)F)c1. The lowest BCUT2D eigenvalue weighted by atomic mass is 10.0. The highest BCUT2D eigenvalue weighted by Crippen LogP contribution is 2.39. The largest absolute Gasteiger partial charge is 0.573 e. The van der Waals surface area contributed by atoms with Gasteiger partial charge in [-0.1, -0.05) is 31.7 Å². The van der Waals surface area contributed by atoms with Crippen LogP contribution in [0.4, 0.5) is 35.1 Å². The summed E-state index contributed by atoms with van der Waals surface area (Å²) in [4.78, 5) is 0. The molecule has 0 aliphatic heterocycles. The lowest BCUT2D eigenvalue weighted by Crippen LogP contribution is -2.18. The summed E-state index contributed by atoms with van der Waals surface area (Å²) in [5, 5.41) is 9.03. The van der Waals surface area contributed by atoms with Gasteiger partial charge < -0.3 is 24.1 Å². The number of hydrogen-bond acceptors (Lipinski definition) is 5. The maximum Gasteiger partial charge on any atom is 0.573 e. The van der Waals surface area contributed by atoms with Gasteiger partial charge >= 0.3 is 12.7 Å². The van der Waals surface area contributed by atoms with Crippen molar-refractivity contribution in [3.8, 4) is 45.3 Å². The van der Waals surface area contributed by atoms with Gasteiger partial charge in [-0.15, -0.1) is 37.9 Å². The fourth-order valence-corrected chi connectivity index (χ4v) is 4.02. The Bertz CT molecular complexity index is 1460. The molecular formula is C31H27ClF8O5. The predicted octanol–water partition coefficient (Wildman–Crippen LogP) is 9.67. The minimum absolute atomic E-state index is 0. The molecule has 0 atom stereocenters. The van der Waals surface area contributed by atoms with Crippen molar-refractivity contribution in [2.75, 3.05) is 14.2 Å². The molecule has 0 heterocycles. The zero-order chi connectivity index (χ0) is 32.7. The van der Waals surface area contributed by atoms with Crippen LogP contribution < -0.4 is 18.9 Å². The van der Waals surface area contributed by atoms with Crippen LogP contribution in [-0.4, -0.2) is 32.1 Å². The smallest absolute Gasteiger partial charge is 0.497 e. The first-order valence-corrected chi connectivity index (χ1v) is 12.8. The molecule has 0 bridgehead atoms. The zero-order valence-electron chi connectivity index (χ0n) is 22.8. The van der Waals surface area contributed by atoms with Crippen molar-refractivity contribution in [1.29, 1.82) is 0 Å². The van der Waals surface area contributed by atoms with E-state index in [0.717, 1.165) is 24.3 Å². The van der Waals surface area contributed by atoms with Crippen LogP contribution in [0.3, 0.4) is 0 Å². The van der Waals surface area contributed by atoms with Crippen LogP contribution in [0.25, 0.3) is 22.3 Å². The van der Waals surface area contributed by atoms with Gasteiger partial charge in [-0.2, -0.15) is 0 Å². The van der Waals surface area contributed by atoms with Crippen LogP contribution in [0.1, 0.15) is 18.6 Å². The van der Waals surface area contributed by atoms with E-state index in [1.165, 1.54) is 62.8 Å². The van der Waals surface area contributed by atoms with Crippen molar-refractivity contribution in [3.05, 3.63) is 95.6 Å². The molecule has 4 aromatic carbocycles. The second-order valence-electron chi connectivity index (χ2n) is 8.74. The van der Waals surface area contributed by atoms with E-state index in [9.17, 15) is 35.1 Å². The van der Waals surface area contributed by atoms with E-state index in [1.807, 2.05) is 0 Å². The molecule has 0 aliphatic rings. The molecule has 244 valence electrons. The molecule has 0 aromatic heterocycles. The van der Waals surface area contributed by atoms with E-state index < -0.39 is 42.5 Å². The summed E-state index contributed by atoms with van der Waals surface area (Å²) in [5.41, 5.74) is 0.357. The number of aliphatic hydroxyl groups is 1. The van der Waals surface area contributed by atoms with Crippen LogP contribution in [0.5, 0.6) is 23.0 Å². The molecule has 5 nitrogen and oxygen atoms in total. The number of ether oxygens (including phenoxy) is 4. The number of alkyl halides is 7. The summed E-state index contributed by atoms with van der Waals surface area (Å²) < 4.78 is 121. The fraction of sp³-hybridized carbons (Fsp3) is 0.226. The van der Waals surface area contributed by atoms with Crippen molar-refractivity contribution < 1.29 is 59.2 Å². The molecule has 0 aliphatic carbocycles. The maximum absolute atomic E-state index is 14.0. The van der Waals surface area contributed by atoms with Gasteiger partial charge in [0.15, 0.2) is 0 Å². The maximum atomic E-state index is 14.0. The van der Waals surface area contributed by atoms with Gasteiger partial charge in [0.25, 0.3) is 0 Å². The van der Waals surface area contributed by atoms with Gasteiger partial charge in [-0.05, 0) is 59.7 Å². The molecule has 0 saturated heterocycles. The van der Waals surface area contributed by atoms with E-state index in [-0.39, 0.29) is 41.1 Å². The lowest BCUT2D eigenvalue weighted by molar-refractivity contribution is -0.275. The van der Waals surface area contributed by atoms with E-state index in [2.05, 4.69) is 9.47 Å². The lowest BCUT2D eigenvalue weighted by Gasteiger charge is -2.15. The van der Waals surface area contributed by atoms with Crippen molar-refractivity contribution in [3.63, 3.8) is 0 Å². The summed E-state index contributed by atoms with van der Waals surface area (Å²) in [6.07, 6.45) is -9.83. The van der Waals surface area contributed by atoms with E-state index >= 15 is 0 Å². The third kappa shape index (κ3) is 10.4. The van der Waals surface area contributed by atoms with Crippen LogP contribution in [0, 0.1) is 11.6 Å². The zero-order valence-corrected chi connectivity index (χ0v) is 23.6. The molecule has 14 heteroatoms. The molecule has 0 fully saturated rings. The van der Waals surface area contributed by atoms with Gasteiger partial charge in [0, 0.05) is 28.1 Å². The van der Waals surface area contributed by atoms with Gasteiger partial charge in [-0.3, -0.25) is 0 Å². The number of benzene rings is 4. The second kappa shape index (κ2) is 15.7. The van der Waals surface area contributed by atoms with Crippen molar-refractivity contribution >= 4 is 11.6 Å². The Hall–Kier alpha value is -4.23.